The Labute approximate surface area is 196 Å². The molecular formula is C24H30IrN3O3-. The van der Waals surface area contributed by atoms with Crippen LogP contribution in [0.25, 0.3) is 16.4 Å². The van der Waals surface area contributed by atoms with Crippen LogP contribution in [0.3, 0.4) is 0 Å². The van der Waals surface area contributed by atoms with E-state index in [0.717, 1.165) is 28.6 Å². The number of ketones is 1. The van der Waals surface area contributed by atoms with Gasteiger partial charge < -0.3 is 9.51 Å². The molecule has 0 saturated heterocycles. The third-order valence-corrected chi connectivity index (χ3v) is 4.37. The fourth-order valence-electron chi connectivity index (χ4n) is 3.22. The van der Waals surface area contributed by atoms with E-state index in [1.165, 1.54) is 19.9 Å². The van der Waals surface area contributed by atoms with Crippen LogP contribution in [-0.4, -0.2) is 25.3 Å². The molecule has 3 heterocycles. The summed E-state index contributed by atoms with van der Waals surface area (Å²) >= 11 is 0. The van der Waals surface area contributed by atoms with Crippen molar-refractivity contribution in [1.82, 2.24) is 14.4 Å². The van der Waals surface area contributed by atoms with Gasteiger partial charge in [-0.15, -0.1) is 10.8 Å². The van der Waals surface area contributed by atoms with Crippen molar-refractivity contribution >= 4 is 22.2 Å². The van der Waals surface area contributed by atoms with E-state index in [1.807, 2.05) is 10.6 Å². The Morgan fingerprint density at radius 3 is 2.42 bits per heavy atom. The molecule has 0 saturated carbocycles. The molecule has 6 nitrogen and oxygen atoms in total. The summed E-state index contributed by atoms with van der Waals surface area (Å²) in [5, 5.41) is 10.3. The maximum Gasteiger partial charge on any atom is 0.261 e. The Hall–Kier alpha value is -2.37. The van der Waals surface area contributed by atoms with Crippen LogP contribution in [0.5, 0.6) is 0 Å². The fourth-order valence-corrected chi connectivity index (χ4v) is 3.22. The van der Waals surface area contributed by atoms with Crippen molar-refractivity contribution in [3.05, 3.63) is 64.2 Å². The first kappa shape index (κ1) is 26.7. The van der Waals surface area contributed by atoms with E-state index >= 15 is 0 Å². The van der Waals surface area contributed by atoms with Gasteiger partial charge in [0.2, 0.25) is 0 Å². The molecule has 3 aromatic rings. The molecule has 0 aromatic carbocycles. The van der Waals surface area contributed by atoms with Crippen LogP contribution >= 0.6 is 0 Å². The van der Waals surface area contributed by atoms with Crippen LogP contribution < -0.4 is 5.56 Å². The third-order valence-electron chi connectivity index (χ3n) is 4.37. The quantitative estimate of drug-likeness (QED) is 0.206. The standard InChI is InChI=1S/C19H22N3O.C5H8O2.Ir/c1-12(2)10-15-13-7-9-22-16(19(3,4)5)11-17(23)21-18(22)14(13)6-8-20-15;1-4(6)3-5(2)7;/h7-9,11-12H,10H2,1-5H3;3,6H,1-2H3;/q-1;;. The molecule has 0 unspecified atom stereocenters. The normalized spacial score (nSPS) is 11.8. The van der Waals surface area contributed by atoms with Gasteiger partial charge >= 0.3 is 0 Å². The van der Waals surface area contributed by atoms with E-state index in [0.29, 0.717) is 11.6 Å². The zero-order chi connectivity index (χ0) is 22.6. The number of rotatable bonds is 3. The molecule has 0 amide bonds. The topological polar surface area (TPSA) is 84.6 Å². The Bertz CT molecular complexity index is 1150. The van der Waals surface area contributed by atoms with E-state index in [-0.39, 0.29) is 42.6 Å². The van der Waals surface area contributed by atoms with Crippen LogP contribution in [0.15, 0.2) is 41.2 Å². The minimum absolute atomic E-state index is 0. The summed E-state index contributed by atoms with van der Waals surface area (Å²) in [5.41, 5.74) is 2.29. The number of fused-ring (bicyclic) bond motifs is 3. The summed E-state index contributed by atoms with van der Waals surface area (Å²) in [6.07, 6.45) is 5.74. The number of carbonyl (C=O) groups excluding carboxylic acids is 1. The Morgan fingerprint density at radius 1 is 1.29 bits per heavy atom. The maximum absolute atomic E-state index is 12.1. The van der Waals surface area contributed by atoms with Gasteiger partial charge in [0.05, 0.1) is 5.76 Å². The molecule has 0 bridgehead atoms. The molecular weight excluding hydrogens is 570 g/mol. The first-order chi connectivity index (χ1) is 13.9. The van der Waals surface area contributed by atoms with E-state index in [9.17, 15) is 9.59 Å². The van der Waals surface area contributed by atoms with Crippen molar-refractivity contribution in [2.75, 3.05) is 0 Å². The molecule has 7 heteroatoms. The number of hydrogen-bond donors (Lipinski definition) is 1. The second-order valence-corrected chi connectivity index (χ2v) is 8.87. The number of nitrogens with zero attached hydrogens (tertiary/aromatic N) is 3. The van der Waals surface area contributed by atoms with Gasteiger partial charge in [0.1, 0.15) is 0 Å². The zero-order valence-corrected chi connectivity index (χ0v) is 21.5. The van der Waals surface area contributed by atoms with Crippen molar-refractivity contribution in [2.24, 2.45) is 5.92 Å². The Kier molecular flexibility index (Phi) is 9.27. The molecule has 0 aliphatic rings. The van der Waals surface area contributed by atoms with Gasteiger partial charge in [0.25, 0.3) is 5.56 Å². The van der Waals surface area contributed by atoms with E-state index in [1.54, 1.807) is 12.3 Å². The van der Waals surface area contributed by atoms with Crippen molar-refractivity contribution in [2.45, 2.75) is 60.3 Å². The van der Waals surface area contributed by atoms with E-state index < -0.39 is 0 Å². The summed E-state index contributed by atoms with van der Waals surface area (Å²) in [6.45, 7) is 13.5. The van der Waals surface area contributed by atoms with Gasteiger partial charge in [-0.2, -0.15) is 6.07 Å². The Morgan fingerprint density at radius 2 is 1.94 bits per heavy atom. The van der Waals surface area contributed by atoms with Gasteiger partial charge in [0, 0.05) is 49.0 Å². The minimum atomic E-state index is -0.210. The molecule has 31 heavy (non-hydrogen) atoms. The second-order valence-electron chi connectivity index (χ2n) is 8.87. The van der Waals surface area contributed by atoms with Crippen molar-refractivity contribution < 1.29 is 30.0 Å². The molecule has 0 aliphatic carbocycles. The predicted octanol–water partition coefficient (Wildman–Crippen LogP) is 4.57. The van der Waals surface area contributed by atoms with Crippen LogP contribution in [0, 0.1) is 12.0 Å². The number of aliphatic hydroxyl groups excluding tert-OH is 1. The molecule has 1 N–H and O–H groups in total. The molecule has 3 rings (SSSR count). The fraction of sp³-hybridized carbons (Fsp3) is 0.417. The largest absolute Gasteiger partial charge is 0.512 e. The summed E-state index contributed by atoms with van der Waals surface area (Å²) in [7, 11) is 0. The van der Waals surface area contributed by atoms with Gasteiger partial charge in [-0.25, -0.2) is 0 Å². The van der Waals surface area contributed by atoms with Crippen molar-refractivity contribution in [3.63, 3.8) is 0 Å². The number of aliphatic hydroxyl groups is 1. The van der Waals surface area contributed by atoms with Gasteiger partial charge in [-0.05, 0) is 44.3 Å². The summed E-state index contributed by atoms with van der Waals surface area (Å²) < 4.78 is 2.00. The average Bonchev–Trinajstić information content (AvgIpc) is 2.59. The monoisotopic (exact) mass is 601 g/mol. The molecule has 0 spiro atoms. The maximum atomic E-state index is 12.1. The molecule has 0 fully saturated rings. The van der Waals surface area contributed by atoms with Crippen LogP contribution in [0.1, 0.15) is 59.9 Å². The number of carbonyl (C=O) groups is 1. The predicted molar refractivity (Wildman–Crippen MR) is 120 cm³/mol. The van der Waals surface area contributed by atoms with E-state index in [2.05, 4.69) is 56.7 Å². The van der Waals surface area contributed by atoms with Gasteiger partial charge in [-0.3, -0.25) is 19.6 Å². The molecule has 0 aliphatic heterocycles. The van der Waals surface area contributed by atoms with Crippen molar-refractivity contribution in [3.8, 4) is 0 Å². The Balaban J connectivity index is 0.000000523. The number of hydrogen-bond acceptors (Lipinski definition) is 5. The number of pyridine rings is 2. The summed E-state index contributed by atoms with van der Waals surface area (Å²) in [4.78, 5) is 30.8. The first-order valence-corrected chi connectivity index (χ1v) is 10.00. The van der Waals surface area contributed by atoms with Crippen LogP contribution in [0.4, 0.5) is 0 Å². The van der Waals surface area contributed by atoms with Gasteiger partial charge in [0.15, 0.2) is 5.78 Å². The van der Waals surface area contributed by atoms with Gasteiger partial charge in [-0.1, -0.05) is 40.7 Å². The average molecular weight is 601 g/mol. The summed E-state index contributed by atoms with van der Waals surface area (Å²) in [5.74, 6) is 0.452. The van der Waals surface area contributed by atoms with Crippen LogP contribution in [0.2, 0.25) is 0 Å². The zero-order valence-electron chi connectivity index (χ0n) is 19.1. The smallest absolute Gasteiger partial charge is 0.261 e. The van der Waals surface area contributed by atoms with Crippen LogP contribution in [-0.2, 0) is 36.7 Å². The third kappa shape index (κ3) is 7.08. The number of allylic oxidation sites excluding steroid dienone is 2. The molecule has 3 aromatic heterocycles. The SMILES string of the molecule is CC(=O)C=C(C)O.CC(C)Cc1nc[c-]c2c1ccn1c(C(C)(C)C)cc(=O)nc21.[Ir]. The second kappa shape index (κ2) is 10.8. The summed E-state index contributed by atoms with van der Waals surface area (Å²) in [6, 6.07) is 6.86. The number of aromatic nitrogens is 3. The minimum Gasteiger partial charge on any atom is -0.512 e. The van der Waals surface area contributed by atoms with E-state index in [4.69, 9.17) is 5.11 Å². The molecule has 169 valence electrons. The molecule has 1 radical (unpaired) electrons. The molecule has 0 atom stereocenters. The first-order valence-electron chi connectivity index (χ1n) is 10.00. The van der Waals surface area contributed by atoms with Crippen molar-refractivity contribution in [1.29, 1.82) is 0 Å².